The molecule has 1 heterocycles. The van der Waals surface area contributed by atoms with E-state index >= 15 is 0 Å². The fraction of sp³-hybridized carbons (Fsp3) is 0.941. The maximum absolute atomic E-state index is 12.1. The summed E-state index contributed by atoms with van der Waals surface area (Å²) in [5.41, 5.74) is 0.394. The number of hydrogen-bond acceptors (Lipinski definition) is 4. The summed E-state index contributed by atoms with van der Waals surface area (Å²) in [6.07, 6.45) is 8.10. The van der Waals surface area contributed by atoms with Gasteiger partial charge < -0.3 is 15.4 Å². The van der Waals surface area contributed by atoms with Crippen LogP contribution in [0.2, 0.25) is 0 Å². The lowest BCUT2D eigenvalue weighted by atomic mass is 9.67. The Balaban J connectivity index is 0.00000338. The van der Waals surface area contributed by atoms with Gasteiger partial charge in [-0.1, -0.05) is 13.3 Å². The average Bonchev–Trinajstić information content (AvgIpc) is 2.59. The number of guanidine groups is 1. The first-order chi connectivity index (χ1) is 12.0. The number of halogens is 1. The van der Waals surface area contributed by atoms with Gasteiger partial charge in [0.1, 0.15) is 0 Å². The molecular weight excluding hydrogens is 467 g/mol. The van der Waals surface area contributed by atoms with E-state index in [0.29, 0.717) is 24.5 Å². The van der Waals surface area contributed by atoms with Gasteiger partial charge >= 0.3 is 0 Å². The van der Waals surface area contributed by atoms with E-state index in [1.807, 2.05) is 0 Å². The van der Waals surface area contributed by atoms with Gasteiger partial charge in [-0.3, -0.25) is 4.99 Å². The molecule has 154 valence electrons. The molecule has 2 aliphatic rings. The number of sulfonamides is 1. The number of ether oxygens (including phenoxy) is 1. The lowest BCUT2D eigenvalue weighted by molar-refractivity contribution is 0.0200. The van der Waals surface area contributed by atoms with Crippen LogP contribution < -0.4 is 15.4 Å². The van der Waals surface area contributed by atoms with Crippen LogP contribution in [0, 0.1) is 5.41 Å². The summed E-state index contributed by atoms with van der Waals surface area (Å²) < 4.78 is 32.4. The Morgan fingerprint density at radius 1 is 1.23 bits per heavy atom. The molecule has 1 aliphatic carbocycles. The van der Waals surface area contributed by atoms with Gasteiger partial charge in [0.15, 0.2) is 5.96 Å². The normalized spacial score (nSPS) is 22.8. The molecule has 0 aromatic carbocycles. The SMILES string of the molecule is CCC1(CNC(=NC)NCCS(=O)(=O)NCC2CCCCO2)CCC1.I. The van der Waals surface area contributed by atoms with Crippen LogP contribution in [0.4, 0.5) is 0 Å². The molecule has 1 saturated heterocycles. The van der Waals surface area contributed by atoms with Gasteiger partial charge in [-0.05, 0) is 43.9 Å². The van der Waals surface area contributed by atoms with Gasteiger partial charge in [-0.2, -0.15) is 0 Å². The van der Waals surface area contributed by atoms with E-state index in [9.17, 15) is 8.42 Å². The molecule has 2 fully saturated rings. The molecular formula is C17H35IN4O3S. The van der Waals surface area contributed by atoms with E-state index in [0.717, 1.165) is 32.4 Å². The molecule has 0 aromatic heterocycles. The largest absolute Gasteiger partial charge is 0.377 e. The molecule has 1 aliphatic heterocycles. The van der Waals surface area contributed by atoms with Crippen molar-refractivity contribution in [1.29, 1.82) is 0 Å². The van der Waals surface area contributed by atoms with E-state index in [1.54, 1.807) is 7.05 Å². The fourth-order valence-electron chi connectivity index (χ4n) is 3.39. The summed E-state index contributed by atoms with van der Waals surface area (Å²) in [4.78, 5) is 4.18. The first kappa shape index (κ1) is 23.9. The molecule has 1 atom stereocenters. The van der Waals surface area contributed by atoms with Crippen molar-refractivity contribution in [3.8, 4) is 0 Å². The predicted molar refractivity (Wildman–Crippen MR) is 117 cm³/mol. The Hall–Kier alpha value is -0.130. The quantitative estimate of drug-likeness (QED) is 0.254. The van der Waals surface area contributed by atoms with Crippen LogP contribution in [0.1, 0.15) is 51.9 Å². The van der Waals surface area contributed by atoms with Crippen molar-refractivity contribution in [3.63, 3.8) is 0 Å². The van der Waals surface area contributed by atoms with Gasteiger partial charge in [0, 0.05) is 33.3 Å². The summed E-state index contributed by atoms with van der Waals surface area (Å²) >= 11 is 0. The molecule has 0 bridgehead atoms. The zero-order valence-electron chi connectivity index (χ0n) is 16.1. The molecule has 0 radical (unpaired) electrons. The number of nitrogens with one attached hydrogen (secondary N) is 3. The lowest BCUT2D eigenvalue weighted by Gasteiger charge is -2.41. The van der Waals surface area contributed by atoms with Gasteiger partial charge in [-0.15, -0.1) is 24.0 Å². The van der Waals surface area contributed by atoms with Crippen LogP contribution in [0.15, 0.2) is 4.99 Å². The van der Waals surface area contributed by atoms with E-state index < -0.39 is 10.0 Å². The van der Waals surface area contributed by atoms with E-state index in [-0.39, 0.29) is 35.8 Å². The van der Waals surface area contributed by atoms with Crippen LogP contribution >= 0.6 is 24.0 Å². The fourth-order valence-corrected chi connectivity index (χ4v) is 4.34. The number of hydrogen-bond donors (Lipinski definition) is 3. The Morgan fingerprint density at radius 3 is 2.54 bits per heavy atom. The average molecular weight is 502 g/mol. The van der Waals surface area contributed by atoms with Crippen molar-refractivity contribution < 1.29 is 13.2 Å². The Kier molecular flexibility index (Phi) is 10.7. The van der Waals surface area contributed by atoms with E-state index in [2.05, 4.69) is 27.3 Å². The second-order valence-electron chi connectivity index (χ2n) is 7.22. The van der Waals surface area contributed by atoms with Gasteiger partial charge in [0.2, 0.25) is 10.0 Å². The van der Waals surface area contributed by atoms with Crippen LogP contribution in [-0.4, -0.2) is 59.5 Å². The minimum absolute atomic E-state index is 0. The molecule has 1 saturated carbocycles. The van der Waals surface area contributed by atoms with Crippen molar-refractivity contribution in [2.24, 2.45) is 10.4 Å². The Labute approximate surface area is 175 Å². The zero-order chi connectivity index (χ0) is 18.2. The van der Waals surface area contributed by atoms with Gasteiger partial charge in [0.05, 0.1) is 11.9 Å². The number of rotatable bonds is 9. The second-order valence-corrected chi connectivity index (χ2v) is 9.14. The Bertz CT molecular complexity index is 527. The lowest BCUT2D eigenvalue weighted by Crippen LogP contribution is -2.47. The Morgan fingerprint density at radius 2 is 2.00 bits per heavy atom. The standard InChI is InChI=1S/C17H34N4O3S.HI/c1-3-17(8-6-9-17)14-20-16(18-2)19-10-12-25(22,23)21-13-15-7-4-5-11-24-15;/h15,21H,3-14H2,1-2H3,(H2,18,19,20);1H. The molecule has 1 unspecified atom stereocenters. The molecule has 9 heteroatoms. The highest BCUT2D eigenvalue weighted by molar-refractivity contribution is 14.0. The molecule has 0 amide bonds. The van der Waals surface area contributed by atoms with Crippen LogP contribution in [-0.2, 0) is 14.8 Å². The van der Waals surface area contributed by atoms with Crippen molar-refractivity contribution in [1.82, 2.24) is 15.4 Å². The smallest absolute Gasteiger partial charge is 0.213 e. The first-order valence-electron chi connectivity index (χ1n) is 9.52. The highest BCUT2D eigenvalue weighted by Gasteiger charge is 2.34. The third-order valence-electron chi connectivity index (χ3n) is 5.49. The summed E-state index contributed by atoms with van der Waals surface area (Å²) in [6, 6.07) is 0. The highest BCUT2D eigenvalue weighted by atomic mass is 127. The summed E-state index contributed by atoms with van der Waals surface area (Å²) in [5, 5.41) is 6.43. The molecule has 3 N–H and O–H groups in total. The second kappa shape index (κ2) is 11.7. The predicted octanol–water partition coefficient (Wildman–Crippen LogP) is 1.84. The van der Waals surface area contributed by atoms with Crippen LogP contribution in [0.5, 0.6) is 0 Å². The number of nitrogens with zero attached hydrogens (tertiary/aromatic N) is 1. The monoisotopic (exact) mass is 502 g/mol. The topological polar surface area (TPSA) is 91.8 Å². The van der Waals surface area contributed by atoms with Crippen LogP contribution in [0.3, 0.4) is 0 Å². The van der Waals surface area contributed by atoms with Crippen molar-refractivity contribution in [2.45, 2.75) is 58.0 Å². The summed E-state index contributed by atoms with van der Waals surface area (Å²) in [7, 11) is -1.59. The third-order valence-corrected chi connectivity index (χ3v) is 6.83. The highest BCUT2D eigenvalue weighted by Crippen LogP contribution is 2.42. The summed E-state index contributed by atoms with van der Waals surface area (Å²) in [6.45, 7) is 4.56. The zero-order valence-corrected chi connectivity index (χ0v) is 19.2. The van der Waals surface area contributed by atoms with Crippen molar-refractivity contribution in [3.05, 3.63) is 0 Å². The number of aliphatic imine (C=N–C) groups is 1. The van der Waals surface area contributed by atoms with Crippen molar-refractivity contribution >= 4 is 40.0 Å². The van der Waals surface area contributed by atoms with Crippen LogP contribution in [0.25, 0.3) is 0 Å². The van der Waals surface area contributed by atoms with Crippen molar-refractivity contribution in [2.75, 3.05) is 39.0 Å². The maximum atomic E-state index is 12.1. The minimum Gasteiger partial charge on any atom is -0.377 e. The molecule has 0 aromatic rings. The van der Waals surface area contributed by atoms with Gasteiger partial charge in [0.25, 0.3) is 0 Å². The minimum atomic E-state index is -3.30. The summed E-state index contributed by atoms with van der Waals surface area (Å²) in [5.74, 6) is 0.699. The van der Waals surface area contributed by atoms with E-state index in [1.165, 1.54) is 25.7 Å². The van der Waals surface area contributed by atoms with E-state index in [4.69, 9.17) is 4.74 Å². The third kappa shape index (κ3) is 7.85. The molecule has 7 nitrogen and oxygen atoms in total. The van der Waals surface area contributed by atoms with Gasteiger partial charge in [-0.25, -0.2) is 13.1 Å². The maximum Gasteiger partial charge on any atom is 0.213 e. The molecule has 26 heavy (non-hydrogen) atoms. The molecule has 0 spiro atoms. The molecule has 2 rings (SSSR count). The first-order valence-corrected chi connectivity index (χ1v) is 11.2.